The van der Waals surface area contributed by atoms with Crippen LogP contribution in [0.4, 0.5) is 19.0 Å². The van der Waals surface area contributed by atoms with Gasteiger partial charge in [0.1, 0.15) is 5.82 Å². The Bertz CT molecular complexity index is 1180. The van der Waals surface area contributed by atoms with Crippen LogP contribution >= 0.6 is 0 Å². The summed E-state index contributed by atoms with van der Waals surface area (Å²) in [5.74, 6) is 0.234. The van der Waals surface area contributed by atoms with E-state index in [4.69, 9.17) is 0 Å². The van der Waals surface area contributed by atoms with Gasteiger partial charge in [0.05, 0.1) is 16.4 Å². The molecule has 2 aromatic carbocycles. The molecule has 0 atom stereocenters. The molecule has 0 saturated carbocycles. The lowest BCUT2D eigenvalue weighted by atomic mass is 10.1. The van der Waals surface area contributed by atoms with Gasteiger partial charge in [0.15, 0.2) is 11.5 Å². The summed E-state index contributed by atoms with van der Waals surface area (Å²) in [5.41, 5.74) is 1.39. The molecule has 4 aromatic rings. The molecular weight excluding hydrogens is 365 g/mol. The number of para-hydroxylation sites is 1. The predicted octanol–water partition coefficient (Wildman–Crippen LogP) is 5.24. The van der Waals surface area contributed by atoms with Crippen molar-refractivity contribution in [2.75, 3.05) is 19.0 Å². The minimum absolute atomic E-state index is 0.0425. The molecule has 0 aliphatic rings. The summed E-state index contributed by atoms with van der Waals surface area (Å²) in [6.07, 6.45) is -4.64. The normalized spacial score (nSPS) is 11.9. The zero-order valence-corrected chi connectivity index (χ0v) is 15.5. The summed E-state index contributed by atoms with van der Waals surface area (Å²) in [6.45, 7) is 1.91. The first-order chi connectivity index (χ1) is 13.3. The number of fused-ring (bicyclic) bond motifs is 3. The van der Waals surface area contributed by atoms with Crippen LogP contribution in [0, 0.1) is 6.92 Å². The molecule has 0 bridgehead atoms. The molecule has 0 N–H and O–H groups in total. The number of rotatable bonds is 2. The van der Waals surface area contributed by atoms with Gasteiger partial charge in [-0.3, -0.25) is 0 Å². The molecule has 0 amide bonds. The Morgan fingerprint density at radius 3 is 2.18 bits per heavy atom. The van der Waals surface area contributed by atoms with Crippen LogP contribution in [0.25, 0.3) is 33.2 Å². The van der Waals surface area contributed by atoms with Gasteiger partial charge >= 0.3 is 6.18 Å². The minimum Gasteiger partial charge on any atom is -0.362 e. The van der Waals surface area contributed by atoms with E-state index in [1.54, 1.807) is 55.4 Å². The van der Waals surface area contributed by atoms with Crippen molar-refractivity contribution in [1.82, 2.24) is 15.0 Å². The molecule has 0 radical (unpaired) electrons. The third kappa shape index (κ3) is 3.02. The number of halogens is 3. The molecule has 0 aliphatic heterocycles. The van der Waals surface area contributed by atoms with Gasteiger partial charge in [-0.05, 0) is 13.0 Å². The molecule has 0 aliphatic carbocycles. The average molecular weight is 382 g/mol. The summed E-state index contributed by atoms with van der Waals surface area (Å²) in [5, 5.41) is 0.469. The molecule has 0 saturated heterocycles. The fraction of sp³-hybridized carbons (Fsp3) is 0.190. The smallest absolute Gasteiger partial charge is 0.362 e. The van der Waals surface area contributed by atoms with Crippen molar-refractivity contribution < 1.29 is 13.2 Å². The van der Waals surface area contributed by atoms with E-state index in [1.807, 2.05) is 19.1 Å². The number of hydrogen-bond acceptors (Lipinski definition) is 4. The Labute approximate surface area is 159 Å². The zero-order chi connectivity index (χ0) is 20.1. The summed E-state index contributed by atoms with van der Waals surface area (Å²) >= 11 is 0. The van der Waals surface area contributed by atoms with Crippen LogP contribution in [-0.2, 0) is 6.18 Å². The average Bonchev–Trinajstić information content (AvgIpc) is 2.66. The van der Waals surface area contributed by atoms with Crippen LogP contribution in [0.2, 0.25) is 0 Å². The fourth-order valence-corrected chi connectivity index (χ4v) is 3.17. The van der Waals surface area contributed by atoms with Gasteiger partial charge in [-0.2, -0.15) is 13.2 Å². The first-order valence-corrected chi connectivity index (χ1v) is 8.68. The van der Waals surface area contributed by atoms with Crippen molar-refractivity contribution in [2.45, 2.75) is 13.1 Å². The van der Waals surface area contributed by atoms with Gasteiger partial charge in [0.2, 0.25) is 0 Å². The quantitative estimate of drug-likeness (QED) is 0.445. The van der Waals surface area contributed by atoms with E-state index in [0.29, 0.717) is 16.5 Å². The highest BCUT2D eigenvalue weighted by atomic mass is 19.4. The maximum Gasteiger partial charge on any atom is 0.434 e. The van der Waals surface area contributed by atoms with Gasteiger partial charge in [0, 0.05) is 25.0 Å². The number of hydrogen-bond donors (Lipinski definition) is 0. The van der Waals surface area contributed by atoms with Crippen LogP contribution in [0.15, 0.2) is 48.5 Å². The van der Waals surface area contributed by atoms with E-state index in [1.165, 1.54) is 0 Å². The van der Waals surface area contributed by atoms with Crippen LogP contribution in [-0.4, -0.2) is 29.0 Å². The highest BCUT2D eigenvalue weighted by molar-refractivity contribution is 6.09. The molecule has 7 heteroatoms. The molecular formula is C21H17F3N4. The summed E-state index contributed by atoms with van der Waals surface area (Å²) < 4.78 is 42.0. The fourth-order valence-electron chi connectivity index (χ4n) is 3.17. The molecule has 0 fully saturated rings. The Hall–Kier alpha value is -3.22. The molecule has 2 heterocycles. The SMILES string of the molecule is Cc1ccc(-c2nc(C(F)(F)F)c3c(N(C)C)nc4ccccc4c3n2)cc1. The summed E-state index contributed by atoms with van der Waals surface area (Å²) in [7, 11) is 3.31. The largest absolute Gasteiger partial charge is 0.434 e. The Morgan fingerprint density at radius 1 is 0.857 bits per heavy atom. The molecule has 4 nitrogen and oxygen atoms in total. The topological polar surface area (TPSA) is 41.9 Å². The Balaban J connectivity index is 2.19. The Kier molecular flexibility index (Phi) is 4.18. The van der Waals surface area contributed by atoms with Crippen LogP contribution in [0.5, 0.6) is 0 Å². The zero-order valence-electron chi connectivity index (χ0n) is 15.5. The molecule has 4 rings (SSSR count). The number of aromatic nitrogens is 3. The van der Waals surface area contributed by atoms with E-state index in [0.717, 1.165) is 5.56 Å². The lowest BCUT2D eigenvalue weighted by Crippen LogP contribution is -2.17. The van der Waals surface area contributed by atoms with Gasteiger partial charge in [-0.1, -0.05) is 48.0 Å². The number of anilines is 1. The lowest BCUT2D eigenvalue weighted by molar-refractivity contribution is -0.139. The van der Waals surface area contributed by atoms with E-state index >= 15 is 0 Å². The number of pyridine rings is 1. The van der Waals surface area contributed by atoms with Crippen molar-refractivity contribution in [3.63, 3.8) is 0 Å². The van der Waals surface area contributed by atoms with Crippen LogP contribution in [0.3, 0.4) is 0 Å². The highest BCUT2D eigenvalue weighted by Gasteiger charge is 2.37. The highest BCUT2D eigenvalue weighted by Crippen LogP contribution is 2.40. The van der Waals surface area contributed by atoms with Crippen molar-refractivity contribution in [3.05, 3.63) is 59.8 Å². The number of aryl methyl sites for hydroxylation is 1. The van der Waals surface area contributed by atoms with Crippen molar-refractivity contribution >= 4 is 27.6 Å². The molecule has 2 aromatic heterocycles. The molecule has 142 valence electrons. The minimum atomic E-state index is -4.64. The van der Waals surface area contributed by atoms with Crippen molar-refractivity contribution in [2.24, 2.45) is 0 Å². The van der Waals surface area contributed by atoms with E-state index < -0.39 is 11.9 Å². The van der Waals surface area contributed by atoms with Gasteiger partial charge in [0.25, 0.3) is 0 Å². The van der Waals surface area contributed by atoms with Crippen molar-refractivity contribution in [3.8, 4) is 11.4 Å². The van der Waals surface area contributed by atoms with E-state index in [2.05, 4.69) is 15.0 Å². The van der Waals surface area contributed by atoms with Gasteiger partial charge in [-0.15, -0.1) is 0 Å². The first kappa shape index (κ1) is 18.2. The maximum atomic E-state index is 14.0. The lowest BCUT2D eigenvalue weighted by Gasteiger charge is -2.19. The molecule has 0 spiro atoms. The maximum absolute atomic E-state index is 14.0. The monoisotopic (exact) mass is 382 g/mol. The predicted molar refractivity (Wildman–Crippen MR) is 104 cm³/mol. The molecule has 28 heavy (non-hydrogen) atoms. The summed E-state index contributed by atoms with van der Waals surface area (Å²) in [6, 6.07) is 14.2. The standard InChI is InChI=1S/C21H17F3N4/c1-12-8-10-13(11-9-12)19-26-17-14-6-4-5-7-15(14)25-20(28(2)3)16(17)18(27-19)21(22,23)24/h4-11H,1-3H3. The second-order valence-electron chi connectivity index (χ2n) is 6.83. The number of alkyl halides is 3. The van der Waals surface area contributed by atoms with Crippen molar-refractivity contribution in [1.29, 1.82) is 0 Å². The first-order valence-electron chi connectivity index (χ1n) is 8.68. The summed E-state index contributed by atoms with van der Waals surface area (Å²) in [4.78, 5) is 14.5. The van der Waals surface area contributed by atoms with Gasteiger partial charge in [-0.25, -0.2) is 15.0 Å². The number of nitrogens with zero attached hydrogens (tertiary/aromatic N) is 4. The van der Waals surface area contributed by atoms with Gasteiger partial charge < -0.3 is 4.90 Å². The second-order valence-corrected chi connectivity index (χ2v) is 6.83. The van der Waals surface area contributed by atoms with E-state index in [-0.39, 0.29) is 22.5 Å². The van der Waals surface area contributed by atoms with Crippen LogP contribution in [0.1, 0.15) is 11.3 Å². The second kappa shape index (κ2) is 6.44. The van der Waals surface area contributed by atoms with E-state index in [9.17, 15) is 13.2 Å². The third-order valence-electron chi connectivity index (χ3n) is 4.52. The third-order valence-corrected chi connectivity index (χ3v) is 4.52. The van der Waals surface area contributed by atoms with Crippen LogP contribution < -0.4 is 4.90 Å². The Morgan fingerprint density at radius 2 is 1.54 bits per heavy atom. The number of benzene rings is 2. The molecule has 0 unspecified atom stereocenters.